The number of esters is 1. The number of hydrogen-bond donors (Lipinski definition) is 2. The van der Waals surface area contributed by atoms with Gasteiger partial charge in [0.1, 0.15) is 5.75 Å². The van der Waals surface area contributed by atoms with E-state index < -0.39 is 35.9 Å². The number of halogens is 5. The molecule has 248 valence electrons. The Morgan fingerprint density at radius 2 is 1.93 bits per heavy atom. The monoisotopic (exact) mass is 650 g/mol. The van der Waals surface area contributed by atoms with Gasteiger partial charge in [-0.1, -0.05) is 13.0 Å². The van der Waals surface area contributed by atoms with Gasteiger partial charge >= 0.3 is 18.1 Å². The predicted molar refractivity (Wildman–Crippen MR) is 155 cm³/mol. The summed E-state index contributed by atoms with van der Waals surface area (Å²) < 4.78 is 90.1. The highest BCUT2D eigenvalue weighted by molar-refractivity contribution is 7.83. The number of benzene rings is 1. The fraction of sp³-hybridized carbons (Fsp3) is 0.774. The lowest BCUT2D eigenvalue weighted by Gasteiger charge is -2.53. The first kappa shape index (κ1) is 33.7. The largest absolute Gasteiger partial charge is 0.453 e. The fourth-order valence-electron chi connectivity index (χ4n) is 8.19. The minimum absolute atomic E-state index is 0.167. The van der Waals surface area contributed by atoms with E-state index in [1.165, 1.54) is 5.56 Å². The van der Waals surface area contributed by atoms with E-state index in [1.807, 2.05) is 17.0 Å². The highest BCUT2D eigenvalue weighted by Gasteiger charge is 2.57. The minimum atomic E-state index is -5.61. The SMILES string of the molecule is C[C@]12CC[C@@H]3c4ccc(OC(=O)CN5CCOCC5)cc4C[C@@H](CCNS(=O)CCCC(F)(F)C(F)(F)F)[C@H]3[C@@H]1CC[C@@H]2O. The minimum Gasteiger partial charge on any atom is -0.426 e. The summed E-state index contributed by atoms with van der Waals surface area (Å²) >= 11 is 0. The second kappa shape index (κ2) is 13.6. The summed E-state index contributed by atoms with van der Waals surface area (Å²) in [6.45, 7) is 5.22. The molecule has 13 heteroatoms. The molecule has 2 saturated carbocycles. The van der Waals surface area contributed by atoms with Crippen LogP contribution < -0.4 is 9.46 Å². The van der Waals surface area contributed by atoms with E-state index in [9.17, 15) is 36.1 Å². The third-order valence-electron chi connectivity index (χ3n) is 10.5. The number of alkyl halides is 5. The molecule has 1 aliphatic heterocycles. The van der Waals surface area contributed by atoms with Crippen LogP contribution in [0.3, 0.4) is 0 Å². The van der Waals surface area contributed by atoms with Crippen LogP contribution in [-0.4, -0.2) is 83.5 Å². The molecule has 3 fully saturated rings. The predicted octanol–water partition coefficient (Wildman–Crippen LogP) is 4.99. The van der Waals surface area contributed by atoms with Crippen molar-refractivity contribution in [2.24, 2.45) is 23.2 Å². The summed E-state index contributed by atoms with van der Waals surface area (Å²) in [4.78, 5) is 14.7. The normalized spacial score (nSPS) is 31.6. The third-order valence-corrected chi connectivity index (χ3v) is 11.7. The van der Waals surface area contributed by atoms with Crippen LogP contribution in [0.4, 0.5) is 22.0 Å². The summed E-state index contributed by atoms with van der Waals surface area (Å²) in [6.07, 6.45) is -3.03. The van der Waals surface area contributed by atoms with Crippen LogP contribution in [-0.2, 0) is 26.9 Å². The van der Waals surface area contributed by atoms with E-state index in [4.69, 9.17) is 9.47 Å². The first-order valence-corrected chi connectivity index (χ1v) is 17.0. The Bertz CT molecular complexity index is 1200. The quantitative estimate of drug-likeness (QED) is 0.200. The number of nitrogens with one attached hydrogen (secondary N) is 1. The van der Waals surface area contributed by atoms with Crippen LogP contribution in [0, 0.1) is 23.2 Å². The highest BCUT2D eigenvalue weighted by atomic mass is 32.2. The van der Waals surface area contributed by atoms with E-state index in [0.29, 0.717) is 57.4 Å². The number of fused-ring (bicyclic) bond motifs is 5. The summed E-state index contributed by atoms with van der Waals surface area (Å²) in [5.41, 5.74) is 2.17. The Morgan fingerprint density at radius 3 is 2.66 bits per heavy atom. The van der Waals surface area contributed by atoms with Crippen LogP contribution in [0.5, 0.6) is 5.75 Å². The molecule has 1 aromatic carbocycles. The Morgan fingerprint density at radius 1 is 1.18 bits per heavy atom. The Hall–Kier alpha value is -1.67. The number of nitrogens with zero attached hydrogens (tertiary/aromatic N) is 1. The molecule has 44 heavy (non-hydrogen) atoms. The van der Waals surface area contributed by atoms with Crippen LogP contribution in [0.25, 0.3) is 0 Å². The molecular weight excluding hydrogens is 607 g/mol. The van der Waals surface area contributed by atoms with Gasteiger partial charge in [0.05, 0.1) is 36.8 Å². The summed E-state index contributed by atoms with van der Waals surface area (Å²) in [6, 6.07) is 5.87. The molecule has 0 aromatic heterocycles. The highest BCUT2D eigenvalue weighted by Crippen LogP contribution is 2.62. The molecule has 1 heterocycles. The van der Waals surface area contributed by atoms with Gasteiger partial charge in [-0.2, -0.15) is 22.0 Å². The average Bonchev–Trinajstić information content (AvgIpc) is 3.26. The van der Waals surface area contributed by atoms with Crippen molar-refractivity contribution in [1.29, 1.82) is 0 Å². The van der Waals surface area contributed by atoms with Gasteiger partial charge in [-0.25, -0.2) is 8.93 Å². The first-order chi connectivity index (χ1) is 20.8. The van der Waals surface area contributed by atoms with Crippen LogP contribution >= 0.6 is 0 Å². The third kappa shape index (κ3) is 7.32. The number of aliphatic hydroxyl groups is 1. The van der Waals surface area contributed by atoms with E-state index in [1.54, 1.807) is 0 Å². The smallest absolute Gasteiger partial charge is 0.426 e. The van der Waals surface area contributed by atoms with Gasteiger partial charge in [0.2, 0.25) is 0 Å². The van der Waals surface area contributed by atoms with E-state index >= 15 is 0 Å². The second-order valence-electron chi connectivity index (χ2n) is 13.2. The number of carbonyl (C=O) groups excluding carboxylic acids is 1. The maximum absolute atomic E-state index is 13.2. The zero-order chi connectivity index (χ0) is 31.7. The zero-order valence-electron chi connectivity index (χ0n) is 25.1. The molecule has 7 atom stereocenters. The van der Waals surface area contributed by atoms with Crippen LogP contribution in [0.15, 0.2) is 18.2 Å². The standard InChI is InChI=1S/C31H43F5N2O5S/c1-29-10-7-24-23-4-3-22(43-27(40)19-38-12-14-42-15-13-38)18-21(23)17-20(28(24)25(29)5-6-26(29)39)8-11-37-44(41)16-2-9-30(32,33)31(34,35)36/h3-4,18,20,24-26,28,37,39H,2,5-17,19H2,1H3/t20-,24-,25+,26+,28-,29+,44?/m1/s1. The molecule has 1 unspecified atom stereocenters. The molecular formula is C31H43F5N2O5S. The number of ether oxygens (including phenoxy) is 2. The number of carbonyl (C=O) groups is 1. The average molecular weight is 651 g/mol. The van der Waals surface area contributed by atoms with Gasteiger partial charge < -0.3 is 14.6 Å². The van der Waals surface area contributed by atoms with Gasteiger partial charge in [0.15, 0.2) is 0 Å². The van der Waals surface area contributed by atoms with Gasteiger partial charge in [-0.05, 0) is 97.3 Å². The number of morpholine rings is 1. The molecule has 1 aromatic rings. The Labute approximate surface area is 257 Å². The lowest BCUT2D eigenvalue weighted by atomic mass is 9.52. The molecule has 0 bridgehead atoms. The maximum Gasteiger partial charge on any atom is 0.453 e. The Balaban J connectivity index is 1.24. The first-order valence-electron chi connectivity index (χ1n) is 15.7. The second-order valence-corrected chi connectivity index (χ2v) is 14.5. The molecule has 1 saturated heterocycles. The zero-order valence-corrected chi connectivity index (χ0v) is 25.9. The maximum atomic E-state index is 13.2. The van der Waals surface area contributed by atoms with E-state index in [-0.39, 0.29) is 47.5 Å². The van der Waals surface area contributed by atoms with Crippen molar-refractivity contribution in [2.45, 2.75) is 82.4 Å². The van der Waals surface area contributed by atoms with Crippen LogP contribution in [0.2, 0.25) is 0 Å². The fourth-order valence-corrected chi connectivity index (χ4v) is 9.08. The van der Waals surface area contributed by atoms with Gasteiger partial charge in [0, 0.05) is 31.8 Å². The van der Waals surface area contributed by atoms with Gasteiger partial charge in [-0.3, -0.25) is 9.69 Å². The topological polar surface area (TPSA) is 88.1 Å². The summed E-state index contributed by atoms with van der Waals surface area (Å²) in [7, 11) is -1.73. The van der Waals surface area contributed by atoms with E-state index in [2.05, 4.69) is 17.7 Å². The van der Waals surface area contributed by atoms with Crippen molar-refractivity contribution in [3.63, 3.8) is 0 Å². The molecule has 0 spiro atoms. The Kier molecular flexibility index (Phi) is 10.4. The molecule has 3 aliphatic carbocycles. The molecule has 7 nitrogen and oxygen atoms in total. The summed E-state index contributed by atoms with van der Waals surface area (Å²) in [5, 5.41) is 10.9. The van der Waals surface area contributed by atoms with Crippen LogP contribution in [0.1, 0.15) is 68.9 Å². The van der Waals surface area contributed by atoms with Crippen molar-refractivity contribution >= 4 is 17.0 Å². The van der Waals surface area contributed by atoms with Crippen molar-refractivity contribution in [3.05, 3.63) is 29.3 Å². The molecule has 4 aliphatic rings. The van der Waals surface area contributed by atoms with Crippen molar-refractivity contribution in [1.82, 2.24) is 9.62 Å². The van der Waals surface area contributed by atoms with Gasteiger partial charge in [-0.15, -0.1) is 0 Å². The molecule has 0 radical (unpaired) electrons. The van der Waals surface area contributed by atoms with E-state index in [0.717, 1.165) is 31.2 Å². The lowest BCUT2D eigenvalue weighted by molar-refractivity contribution is -0.284. The molecule has 0 amide bonds. The lowest BCUT2D eigenvalue weighted by Crippen LogP contribution is -2.47. The van der Waals surface area contributed by atoms with Crippen molar-refractivity contribution in [3.8, 4) is 5.75 Å². The number of rotatable bonds is 11. The summed E-state index contributed by atoms with van der Waals surface area (Å²) in [5.74, 6) is -3.89. The van der Waals surface area contributed by atoms with Crippen molar-refractivity contribution in [2.75, 3.05) is 45.1 Å². The molecule has 2 N–H and O–H groups in total. The van der Waals surface area contributed by atoms with Crippen molar-refractivity contribution < 1.29 is 45.5 Å². The molecule has 5 rings (SSSR count). The number of aliphatic hydroxyl groups excluding tert-OH is 1. The van der Waals surface area contributed by atoms with Gasteiger partial charge in [0.25, 0.3) is 0 Å². The number of hydrogen-bond acceptors (Lipinski definition) is 6.